The van der Waals surface area contributed by atoms with E-state index < -0.39 is 6.04 Å². The number of para-hydroxylation sites is 1. The summed E-state index contributed by atoms with van der Waals surface area (Å²) in [7, 11) is 0. The second-order valence-electron chi connectivity index (χ2n) is 6.37. The van der Waals surface area contributed by atoms with Gasteiger partial charge in [-0.15, -0.1) is 0 Å². The Bertz CT molecular complexity index is 721. The lowest BCUT2D eigenvalue weighted by atomic mass is 10.0. The van der Waals surface area contributed by atoms with Gasteiger partial charge in [0.15, 0.2) is 0 Å². The molecule has 2 amide bonds. The van der Waals surface area contributed by atoms with E-state index in [1.54, 1.807) is 12.1 Å². The summed E-state index contributed by atoms with van der Waals surface area (Å²) in [6, 6.07) is 14.3. The third-order valence-electron chi connectivity index (χ3n) is 3.95. The molecule has 0 heterocycles. The van der Waals surface area contributed by atoms with E-state index in [9.17, 15) is 9.59 Å². The molecule has 0 saturated heterocycles. The first-order valence-corrected chi connectivity index (χ1v) is 8.12. The number of carbonyl (C=O) groups excluding carboxylic acids is 2. The smallest absolute Gasteiger partial charge is 0.251 e. The molecule has 0 fully saturated rings. The topological polar surface area (TPSA) is 58.2 Å². The van der Waals surface area contributed by atoms with Gasteiger partial charge in [-0.2, -0.15) is 0 Å². The van der Waals surface area contributed by atoms with Crippen LogP contribution in [0.5, 0.6) is 0 Å². The van der Waals surface area contributed by atoms with Crippen LogP contribution in [0.1, 0.15) is 35.3 Å². The van der Waals surface area contributed by atoms with Gasteiger partial charge >= 0.3 is 0 Å². The zero-order valence-electron chi connectivity index (χ0n) is 14.6. The van der Waals surface area contributed by atoms with Crippen LogP contribution in [0.3, 0.4) is 0 Å². The maximum absolute atomic E-state index is 12.6. The second-order valence-corrected chi connectivity index (χ2v) is 6.37. The van der Waals surface area contributed by atoms with Crippen LogP contribution in [-0.4, -0.2) is 17.9 Å². The lowest BCUT2D eigenvalue weighted by Gasteiger charge is -2.22. The van der Waals surface area contributed by atoms with Gasteiger partial charge in [-0.25, -0.2) is 0 Å². The predicted molar refractivity (Wildman–Crippen MR) is 97.1 cm³/mol. The van der Waals surface area contributed by atoms with Gasteiger partial charge in [-0.05, 0) is 43.5 Å². The van der Waals surface area contributed by atoms with E-state index in [4.69, 9.17) is 0 Å². The number of carbonyl (C=O) groups is 2. The number of anilines is 1. The molecule has 2 aromatic carbocycles. The van der Waals surface area contributed by atoms with E-state index in [2.05, 4.69) is 10.6 Å². The highest BCUT2D eigenvalue weighted by atomic mass is 16.2. The number of aryl methyl sites for hydroxylation is 2. The second kappa shape index (κ2) is 7.77. The number of benzene rings is 2. The molecule has 0 radical (unpaired) electrons. The highest BCUT2D eigenvalue weighted by Gasteiger charge is 2.25. The molecule has 2 aromatic rings. The van der Waals surface area contributed by atoms with Gasteiger partial charge in [0.05, 0.1) is 0 Å². The molecule has 126 valence electrons. The highest BCUT2D eigenvalue weighted by Crippen LogP contribution is 2.15. The molecule has 0 unspecified atom stereocenters. The fraction of sp³-hybridized carbons (Fsp3) is 0.300. The first-order chi connectivity index (χ1) is 11.4. The van der Waals surface area contributed by atoms with Gasteiger partial charge in [0.1, 0.15) is 6.04 Å². The highest BCUT2D eigenvalue weighted by molar-refractivity contribution is 6.01. The summed E-state index contributed by atoms with van der Waals surface area (Å²) in [5.41, 5.74) is 3.38. The van der Waals surface area contributed by atoms with Gasteiger partial charge in [0, 0.05) is 11.3 Å². The van der Waals surface area contributed by atoms with Crippen molar-refractivity contribution in [3.63, 3.8) is 0 Å². The average Bonchev–Trinajstić information content (AvgIpc) is 2.54. The maximum Gasteiger partial charge on any atom is 0.251 e. The van der Waals surface area contributed by atoms with Gasteiger partial charge in [0.2, 0.25) is 5.91 Å². The van der Waals surface area contributed by atoms with Crippen LogP contribution in [0.25, 0.3) is 0 Å². The van der Waals surface area contributed by atoms with Crippen LogP contribution < -0.4 is 10.6 Å². The molecule has 2 rings (SSSR count). The number of amides is 2. The largest absolute Gasteiger partial charge is 0.340 e. The molecule has 1 atom stereocenters. The average molecular weight is 324 g/mol. The molecule has 0 bridgehead atoms. The van der Waals surface area contributed by atoms with Crippen molar-refractivity contribution in [1.82, 2.24) is 5.32 Å². The minimum absolute atomic E-state index is 0.0246. The fourth-order valence-corrected chi connectivity index (χ4v) is 2.39. The molecule has 0 spiro atoms. The van der Waals surface area contributed by atoms with Crippen LogP contribution in [0.2, 0.25) is 0 Å². The quantitative estimate of drug-likeness (QED) is 0.881. The molecule has 0 saturated carbocycles. The molecule has 0 aliphatic heterocycles. The first-order valence-electron chi connectivity index (χ1n) is 8.12. The molecule has 24 heavy (non-hydrogen) atoms. The van der Waals surface area contributed by atoms with Gasteiger partial charge in [-0.1, -0.05) is 49.7 Å². The molecule has 4 nitrogen and oxygen atoms in total. The summed E-state index contributed by atoms with van der Waals surface area (Å²) in [6.07, 6.45) is 0. The maximum atomic E-state index is 12.6. The number of hydrogen-bond donors (Lipinski definition) is 2. The monoisotopic (exact) mass is 324 g/mol. The molecular formula is C20H24N2O2. The fourth-order valence-electron chi connectivity index (χ4n) is 2.39. The Morgan fingerprint density at radius 2 is 1.54 bits per heavy atom. The van der Waals surface area contributed by atoms with Crippen LogP contribution in [0, 0.1) is 19.8 Å². The molecule has 0 aromatic heterocycles. The first kappa shape index (κ1) is 17.7. The van der Waals surface area contributed by atoms with Crippen LogP contribution in [0.15, 0.2) is 48.5 Å². The van der Waals surface area contributed by atoms with Gasteiger partial charge < -0.3 is 10.6 Å². The molecule has 2 N–H and O–H groups in total. The van der Waals surface area contributed by atoms with E-state index in [0.717, 1.165) is 16.8 Å². The summed E-state index contributed by atoms with van der Waals surface area (Å²) in [5.74, 6) is -0.475. The Hall–Kier alpha value is -2.62. The van der Waals surface area contributed by atoms with Gasteiger partial charge in [-0.3, -0.25) is 9.59 Å². The Labute approximate surface area is 143 Å². The Kier molecular flexibility index (Phi) is 5.74. The summed E-state index contributed by atoms with van der Waals surface area (Å²) in [4.78, 5) is 25.0. The molecule has 4 heteroatoms. The minimum Gasteiger partial charge on any atom is -0.340 e. The van der Waals surface area contributed by atoms with Crippen molar-refractivity contribution in [1.29, 1.82) is 0 Å². The van der Waals surface area contributed by atoms with E-state index in [1.165, 1.54) is 0 Å². The standard InChI is InChI=1S/C20H24N2O2/c1-13(2)18(20(24)21-17-8-6-5-7-15(17)4)22-19(23)16-11-9-14(3)10-12-16/h5-13,18H,1-4H3,(H,21,24)(H,22,23)/t18-/m1/s1. The van der Waals surface area contributed by atoms with Gasteiger partial charge in [0.25, 0.3) is 5.91 Å². The molecule has 0 aliphatic carbocycles. The number of nitrogens with one attached hydrogen (secondary N) is 2. The van der Waals surface area contributed by atoms with E-state index in [0.29, 0.717) is 5.56 Å². The summed E-state index contributed by atoms with van der Waals surface area (Å²) >= 11 is 0. The third-order valence-corrected chi connectivity index (χ3v) is 3.95. The van der Waals surface area contributed by atoms with Crippen molar-refractivity contribution >= 4 is 17.5 Å². The van der Waals surface area contributed by atoms with Crippen molar-refractivity contribution in [2.24, 2.45) is 5.92 Å². The Balaban J connectivity index is 2.11. The number of hydrogen-bond acceptors (Lipinski definition) is 2. The normalized spacial score (nSPS) is 11.9. The van der Waals surface area contributed by atoms with Crippen molar-refractivity contribution in [3.8, 4) is 0 Å². The minimum atomic E-state index is -0.599. The Morgan fingerprint density at radius 1 is 0.917 bits per heavy atom. The zero-order chi connectivity index (χ0) is 17.7. The third kappa shape index (κ3) is 4.44. The van der Waals surface area contributed by atoms with E-state index >= 15 is 0 Å². The SMILES string of the molecule is Cc1ccc(C(=O)N[C@@H](C(=O)Nc2ccccc2C)C(C)C)cc1. The molecule has 0 aliphatic rings. The molecular weight excluding hydrogens is 300 g/mol. The summed E-state index contributed by atoms with van der Waals surface area (Å²) < 4.78 is 0. The lowest BCUT2D eigenvalue weighted by Crippen LogP contribution is -2.47. The Morgan fingerprint density at radius 3 is 2.12 bits per heavy atom. The van der Waals surface area contributed by atoms with Crippen molar-refractivity contribution in [2.45, 2.75) is 33.7 Å². The predicted octanol–water partition coefficient (Wildman–Crippen LogP) is 3.70. The van der Waals surface area contributed by atoms with Crippen LogP contribution >= 0.6 is 0 Å². The summed E-state index contributed by atoms with van der Waals surface area (Å²) in [6.45, 7) is 7.73. The van der Waals surface area contributed by atoms with Crippen molar-refractivity contribution < 1.29 is 9.59 Å². The summed E-state index contributed by atoms with van der Waals surface area (Å²) in [5, 5.41) is 5.74. The van der Waals surface area contributed by atoms with Crippen LogP contribution in [-0.2, 0) is 4.79 Å². The lowest BCUT2D eigenvalue weighted by molar-refractivity contribution is -0.118. The zero-order valence-corrected chi connectivity index (χ0v) is 14.6. The number of rotatable bonds is 5. The van der Waals surface area contributed by atoms with Crippen molar-refractivity contribution in [2.75, 3.05) is 5.32 Å². The van der Waals surface area contributed by atoms with E-state index in [1.807, 2.05) is 64.1 Å². The van der Waals surface area contributed by atoms with Crippen LogP contribution in [0.4, 0.5) is 5.69 Å². The van der Waals surface area contributed by atoms with E-state index in [-0.39, 0.29) is 17.7 Å². The van der Waals surface area contributed by atoms with Crippen molar-refractivity contribution in [3.05, 3.63) is 65.2 Å².